The van der Waals surface area contributed by atoms with Crippen LogP contribution in [-0.4, -0.2) is 26.8 Å². The Labute approximate surface area is 177 Å². The molecular formula is C22H20N4OS2. The summed E-state index contributed by atoms with van der Waals surface area (Å²) in [6.45, 7) is 2.04. The largest absolute Gasteiger partial charge is 0.344 e. The van der Waals surface area contributed by atoms with Gasteiger partial charge in [0.1, 0.15) is 0 Å². The minimum absolute atomic E-state index is 0.0565. The molecule has 29 heavy (non-hydrogen) atoms. The molecule has 2 aromatic heterocycles. The van der Waals surface area contributed by atoms with E-state index < -0.39 is 0 Å². The number of hydrogen-bond acceptors (Lipinski definition) is 5. The lowest BCUT2D eigenvalue weighted by Gasteiger charge is -2.17. The van der Waals surface area contributed by atoms with Gasteiger partial charge in [-0.05, 0) is 23.9 Å². The van der Waals surface area contributed by atoms with Gasteiger partial charge in [0.05, 0.1) is 11.8 Å². The van der Waals surface area contributed by atoms with Crippen LogP contribution in [0.15, 0.2) is 77.3 Å². The zero-order valence-electron chi connectivity index (χ0n) is 15.8. The van der Waals surface area contributed by atoms with Crippen LogP contribution in [0.2, 0.25) is 0 Å². The summed E-state index contributed by atoms with van der Waals surface area (Å²) < 4.78 is 0. The molecule has 0 fully saturated rings. The molecule has 0 aliphatic heterocycles. The van der Waals surface area contributed by atoms with E-state index in [9.17, 15) is 4.79 Å². The first-order chi connectivity index (χ1) is 14.2. The highest BCUT2D eigenvalue weighted by Crippen LogP contribution is 2.26. The monoisotopic (exact) mass is 420 g/mol. The first kappa shape index (κ1) is 19.4. The predicted octanol–water partition coefficient (Wildman–Crippen LogP) is 4.84. The van der Waals surface area contributed by atoms with Crippen LogP contribution in [0.4, 0.5) is 0 Å². The average Bonchev–Trinajstić information content (AvgIpc) is 3.44. The first-order valence-electron chi connectivity index (χ1n) is 9.19. The zero-order valence-corrected chi connectivity index (χ0v) is 17.5. The second-order valence-corrected chi connectivity index (χ2v) is 8.47. The minimum Gasteiger partial charge on any atom is -0.344 e. The molecule has 4 aromatic rings. The Morgan fingerprint density at radius 1 is 1.10 bits per heavy atom. The number of aromatic nitrogens is 3. The van der Waals surface area contributed by atoms with Crippen molar-refractivity contribution < 1.29 is 4.79 Å². The minimum atomic E-state index is -0.153. The standard InChI is InChI=1S/C22H20N4OS2/c1-15-9-11-17(12-10-15)21-24-22(26-25-21)29-14-19(27)23-20(18-8-5-13-28-18)16-6-3-2-4-7-16/h2-13,20H,14H2,1H3,(H,23,27)(H,24,25,26)/t20-/m0/s1. The summed E-state index contributed by atoms with van der Waals surface area (Å²) in [5, 5.41) is 12.9. The van der Waals surface area contributed by atoms with Crippen molar-refractivity contribution >= 4 is 29.0 Å². The molecule has 146 valence electrons. The van der Waals surface area contributed by atoms with Gasteiger partial charge in [0.15, 0.2) is 5.82 Å². The van der Waals surface area contributed by atoms with Crippen LogP contribution in [0.5, 0.6) is 0 Å². The van der Waals surface area contributed by atoms with E-state index >= 15 is 0 Å². The van der Waals surface area contributed by atoms with Crippen molar-refractivity contribution in [1.82, 2.24) is 20.5 Å². The van der Waals surface area contributed by atoms with Crippen molar-refractivity contribution in [3.8, 4) is 11.4 Å². The molecule has 1 atom stereocenters. The van der Waals surface area contributed by atoms with Gasteiger partial charge in [-0.15, -0.1) is 16.4 Å². The van der Waals surface area contributed by atoms with Gasteiger partial charge in [-0.25, -0.2) is 4.98 Å². The van der Waals surface area contributed by atoms with Gasteiger partial charge in [-0.1, -0.05) is 78.0 Å². The molecule has 0 saturated carbocycles. The molecular weight excluding hydrogens is 400 g/mol. The van der Waals surface area contributed by atoms with Crippen molar-refractivity contribution in [3.63, 3.8) is 0 Å². The smallest absolute Gasteiger partial charge is 0.231 e. The molecule has 0 aliphatic rings. The van der Waals surface area contributed by atoms with E-state index in [-0.39, 0.29) is 17.7 Å². The zero-order chi connectivity index (χ0) is 20.1. The Kier molecular flexibility index (Phi) is 6.07. The highest BCUT2D eigenvalue weighted by molar-refractivity contribution is 7.99. The summed E-state index contributed by atoms with van der Waals surface area (Å²) in [6.07, 6.45) is 0. The lowest BCUT2D eigenvalue weighted by molar-refractivity contribution is -0.119. The molecule has 4 rings (SSSR count). The molecule has 5 nitrogen and oxygen atoms in total. The van der Waals surface area contributed by atoms with Crippen LogP contribution in [0.1, 0.15) is 22.0 Å². The van der Waals surface area contributed by atoms with E-state index in [4.69, 9.17) is 0 Å². The second-order valence-electron chi connectivity index (χ2n) is 6.55. The maximum atomic E-state index is 12.6. The van der Waals surface area contributed by atoms with E-state index in [1.807, 2.05) is 79.0 Å². The van der Waals surface area contributed by atoms with Gasteiger partial charge < -0.3 is 5.32 Å². The number of hydrogen-bond donors (Lipinski definition) is 2. The molecule has 7 heteroatoms. The number of aryl methyl sites for hydroxylation is 1. The van der Waals surface area contributed by atoms with Gasteiger partial charge >= 0.3 is 0 Å². The molecule has 2 N–H and O–H groups in total. The van der Waals surface area contributed by atoms with Crippen molar-refractivity contribution in [2.24, 2.45) is 0 Å². The van der Waals surface area contributed by atoms with Crippen molar-refractivity contribution in [2.45, 2.75) is 18.1 Å². The molecule has 2 aromatic carbocycles. The van der Waals surface area contributed by atoms with Gasteiger partial charge in [0.2, 0.25) is 11.1 Å². The molecule has 0 radical (unpaired) electrons. The number of rotatable bonds is 7. The SMILES string of the molecule is Cc1ccc(-c2nc(SCC(=O)N[C@@H](c3ccccc3)c3cccs3)n[nH]2)cc1. The number of carbonyl (C=O) groups excluding carboxylic acids is 1. The van der Waals surface area contributed by atoms with Gasteiger partial charge in [0, 0.05) is 10.4 Å². The third kappa shape index (κ3) is 4.93. The Balaban J connectivity index is 1.40. The number of thiophene rings is 1. The summed E-state index contributed by atoms with van der Waals surface area (Å²) in [4.78, 5) is 18.2. The van der Waals surface area contributed by atoms with Crippen molar-refractivity contribution in [1.29, 1.82) is 0 Å². The van der Waals surface area contributed by atoms with Crippen LogP contribution in [-0.2, 0) is 4.79 Å². The maximum Gasteiger partial charge on any atom is 0.231 e. The fourth-order valence-electron chi connectivity index (χ4n) is 2.90. The summed E-state index contributed by atoms with van der Waals surface area (Å²) >= 11 is 2.95. The molecule has 0 bridgehead atoms. The number of aromatic amines is 1. The third-order valence-electron chi connectivity index (χ3n) is 4.39. The maximum absolute atomic E-state index is 12.6. The summed E-state index contributed by atoms with van der Waals surface area (Å²) in [7, 11) is 0. The molecule has 0 unspecified atom stereocenters. The fraction of sp³-hybridized carbons (Fsp3) is 0.136. The molecule has 2 heterocycles. The van der Waals surface area contributed by atoms with E-state index in [1.165, 1.54) is 17.3 Å². The molecule has 0 aliphatic carbocycles. The van der Waals surface area contributed by atoms with Crippen LogP contribution >= 0.6 is 23.1 Å². The van der Waals surface area contributed by atoms with Crippen LogP contribution in [0, 0.1) is 6.92 Å². The normalized spacial score (nSPS) is 11.9. The molecule has 1 amide bonds. The number of H-pyrrole nitrogens is 1. The third-order valence-corrected chi connectivity index (χ3v) is 6.17. The fourth-order valence-corrected chi connectivity index (χ4v) is 4.32. The predicted molar refractivity (Wildman–Crippen MR) is 118 cm³/mol. The summed E-state index contributed by atoms with van der Waals surface area (Å²) in [5.74, 6) is 0.896. The topological polar surface area (TPSA) is 70.7 Å². The number of benzene rings is 2. The van der Waals surface area contributed by atoms with Gasteiger partial charge in [0.25, 0.3) is 0 Å². The van der Waals surface area contributed by atoms with E-state index in [0.717, 1.165) is 16.0 Å². The van der Waals surface area contributed by atoms with Crippen LogP contribution in [0.3, 0.4) is 0 Å². The van der Waals surface area contributed by atoms with Crippen LogP contribution in [0.25, 0.3) is 11.4 Å². The highest BCUT2D eigenvalue weighted by Gasteiger charge is 2.18. The van der Waals surface area contributed by atoms with E-state index in [1.54, 1.807) is 11.3 Å². The lowest BCUT2D eigenvalue weighted by atomic mass is 10.1. The molecule has 0 saturated heterocycles. The Morgan fingerprint density at radius 3 is 2.62 bits per heavy atom. The summed E-state index contributed by atoms with van der Waals surface area (Å²) in [5.41, 5.74) is 3.23. The lowest BCUT2D eigenvalue weighted by Crippen LogP contribution is -2.30. The first-order valence-corrected chi connectivity index (χ1v) is 11.1. The van der Waals surface area contributed by atoms with E-state index in [0.29, 0.717) is 11.0 Å². The number of nitrogens with zero attached hydrogens (tertiary/aromatic N) is 2. The van der Waals surface area contributed by atoms with E-state index in [2.05, 4.69) is 20.5 Å². The Morgan fingerprint density at radius 2 is 1.90 bits per heavy atom. The molecule has 0 spiro atoms. The number of amides is 1. The van der Waals surface area contributed by atoms with Gasteiger partial charge in [-0.3, -0.25) is 9.89 Å². The highest BCUT2D eigenvalue weighted by atomic mass is 32.2. The average molecular weight is 421 g/mol. The van der Waals surface area contributed by atoms with Crippen molar-refractivity contribution in [2.75, 3.05) is 5.75 Å². The Bertz CT molecular complexity index is 1060. The van der Waals surface area contributed by atoms with Crippen LogP contribution < -0.4 is 5.32 Å². The number of thioether (sulfide) groups is 1. The van der Waals surface area contributed by atoms with Crippen molar-refractivity contribution in [3.05, 3.63) is 88.1 Å². The number of carbonyl (C=O) groups is 1. The number of nitrogens with one attached hydrogen (secondary N) is 2. The van der Waals surface area contributed by atoms with Gasteiger partial charge in [-0.2, -0.15) is 0 Å². The second kappa shape index (κ2) is 9.07. The quantitative estimate of drug-likeness (QED) is 0.420. The Hall–Kier alpha value is -2.90. The summed E-state index contributed by atoms with van der Waals surface area (Å²) in [6, 6.07) is 22.0.